The first-order valence-electron chi connectivity index (χ1n) is 25.8. The highest BCUT2D eigenvalue weighted by Crippen LogP contribution is 2.31. The largest absolute Gasteiger partial charge is 0.506 e. The van der Waals surface area contributed by atoms with E-state index in [2.05, 4.69) is 107 Å². The second kappa shape index (κ2) is 32.1. The summed E-state index contributed by atoms with van der Waals surface area (Å²) in [6.45, 7) is 5.46. The third-order valence-electron chi connectivity index (χ3n) is 12.3. The molecule has 0 aliphatic carbocycles. The third kappa shape index (κ3) is 19.6. The number of hydrogen-bond donors (Lipinski definition) is 8. The molecule has 0 aliphatic rings. The fourth-order valence-electron chi connectivity index (χ4n) is 7.93. The summed E-state index contributed by atoms with van der Waals surface area (Å²) in [5.74, 6) is 2.29. The first-order valence-corrected chi connectivity index (χ1v) is 29.5. The van der Waals surface area contributed by atoms with Crippen molar-refractivity contribution in [2.24, 2.45) is 0 Å². The molecule has 0 radical (unpaired) electrons. The zero-order chi connectivity index (χ0) is 57.3. The van der Waals surface area contributed by atoms with Gasteiger partial charge < -0.3 is 46.4 Å². The number of benzene rings is 10. The number of hydrogen-bond acceptors (Lipinski definition) is 11. The second-order valence-corrected chi connectivity index (χ2v) is 21.8. The smallest absolute Gasteiger partial charge is 0.134 e. The van der Waals surface area contributed by atoms with E-state index in [9.17, 15) is 20.4 Å². The first kappa shape index (κ1) is 61.1. The maximum absolute atomic E-state index is 9.47. The molecule has 0 atom stereocenters. The van der Waals surface area contributed by atoms with Crippen LogP contribution in [0.2, 0.25) is 20.1 Å². The lowest BCUT2D eigenvalue weighted by Gasteiger charge is -2.13. The molecule has 0 aromatic heterocycles. The highest BCUT2D eigenvalue weighted by Gasteiger charge is 2.08. The van der Waals surface area contributed by atoms with Gasteiger partial charge in [0.15, 0.2) is 0 Å². The molecule has 0 spiro atoms. The van der Waals surface area contributed by atoms with Crippen LogP contribution in [0.1, 0.15) is 34.7 Å². The summed E-state index contributed by atoms with van der Waals surface area (Å²) in [7, 11) is 0. The number of halogens is 4. The summed E-state index contributed by atoms with van der Waals surface area (Å²) in [5, 5.41) is 54.7. The van der Waals surface area contributed by atoms with Crippen LogP contribution in [0.25, 0.3) is 10.8 Å². The minimum atomic E-state index is 0.0776. The molecule has 0 bridgehead atoms. The molecular formula is C66H62Cl4N4O5S2. The molecule has 0 unspecified atom stereocenters. The summed E-state index contributed by atoms with van der Waals surface area (Å²) >= 11 is 27.1. The standard InChI is InChI=1S/C20H18ClNO2.C17H14ClNO.C15H16ClNOS.C14H14ClNOS/c21-18-12-17(10-11-19(18)23)22-13-16-8-4-5-9-20(16)24-14-15-6-2-1-3-7-15;18-16-10-14(8-9-17(16)20)19-11-13-6-3-5-12-4-1-2-7-15(12)13;1-2-19-15-6-4-3-5-11(15)10-17-12-7-8-14(18)13(16)9-12;1-18-12-5-2-10(3-6-12)9-16-11-4-7-14(17)13(15)8-11/h1-12,22-23H,13-14H2;1-10,19-20H,11H2;3-9,17-18H,2,10H2,1H3;2-8,16-17H,9H2,1H3. The lowest BCUT2D eigenvalue weighted by Crippen LogP contribution is -2.03. The number of para-hydroxylation sites is 1. The number of thioether (sulfide) groups is 2. The molecular weight excluding hydrogens is 1130 g/mol. The molecule has 0 saturated carbocycles. The minimum Gasteiger partial charge on any atom is -0.506 e. The van der Waals surface area contributed by atoms with E-state index in [0.29, 0.717) is 39.8 Å². The van der Waals surface area contributed by atoms with Gasteiger partial charge in [0, 0.05) is 64.3 Å². The number of rotatable bonds is 18. The van der Waals surface area contributed by atoms with E-state index in [4.69, 9.17) is 51.1 Å². The molecule has 0 saturated heterocycles. The van der Waals surface area contributed by atoms with Gasteiger partial charge in [0.1, 0.15) is 35.4 Å². The van der Waals surface area contributed by atoms with Crippen molar-refractivity contribution < 1.29 is 25.2 Å². The van der Waals surface area contributed by atoms with Crippen molar-refractivity contribution in [1.82, 2.24) is 0 Å². The highest BCUT2D eigenvalue weighted by molar-refractivity contribution is 7.99. The van der Waals surface area contributed by atoms with Crippen molar-refractivity contribution in [3.05, 3.63) is 266 Å². The van der Waals surface area contributed by atoms with Gasteiger partial charge in [0.05, 0.1) is 20.1 Å². The Balaban J connectivity index is 0.000000157. The van der Waals surface area contributed by atoms with Gasteiger partial charge in [0.25, 0.3) is 0 Å². The van der Waals surface area contributed by atoms with Crippen LogP contribution in [-0.4, -0.2) is 32.4 Å². The van der Waals surface area contributed by atoms with Gasteiger partial charge >= 0.3 is 0 Å². The zero-order valence-corrected chi connectivity index (χ0v) is 49.2. The number of anilines is 4. The van der Waals surface area contributed by atoms with Crippen LogP contribution in [0.5, 0.6) is 28.7 Å². The average molecular weight is 1200 g/mol. The summed E-state index contributed by atoms with van der Waals surface area (Å²) in [5.41, 5.74) is 9.41. The molecule has 10 rings (SSSR count). The number of ether oxygens (including phenoxy) is 1. The van der Waals surface area contributed by atoms with Gasteiger partial charge in [-0.25, -0.2) is 0 Å². The van der Waals surface area contributed by atoms with E-state index in [1.54, 1.807) is 72.4 Å². The molecule has 416 valence electrons. The van der Waals surface area contributed by atoms with E-state index in [1.807, 2.05) is 96.7 Å². The normalized spacial score (nSPS) is 10.4. The minimum absolute atomic E-state index is 0.0776. The molecule has 81 heavy (non-hydrogen) atoms. The predicted octanol–water partition coefficient (Wildman–Crippen LogP) is 19.2. The predicted molar refractivity (Wildman–Crippen MR) is 344 cm³/mol. The molecule has 0 heterocycles. The summed E-state index contributed by atoms with van der Waals surface area (Å²) in [4.78, 5) is 2.55. The van der Waals surface area contributed by atoms with E-state index < -0.39 is 0 Å². The average Bonchev–Trinajstić information content (AvgIpc) is 3.54. The monoisotopic (exact) mass is 1190 g/mol. The SMILES string of the molecule is CCSc1ccccc1CNc1ccc(O)c(Cl)c1.CSc1ccc(CNc2ccc(O)c(Cl)c2)cc1.Oc1ccc(NCc2cccc3ccccc23)cc1Cl.Oc1ccc(NCc2ccccc2OCc2ccccc2)cc1Cl. The van der Waals surface area contributed by atoms with Crippen LogP contribution in [0.3, 0.4) is 0 Å². The Morgan fingerprint density at radius 2 is 0.840 bits per heavy atom. The van der Waals surface area contributed by atoms with Gasteiger partial charge in [-0.05, 0) is 142 Å². The van der Waals surface area contributed by atoms with Crippen molar-refractivity contribution in [2.45, 2.75) is 49.5 Å². The Labute approximate surface area is 502 Å². The Morgan fingerprint density at radius 3 is 1.37 bits per heavy atom. The van der Waals surface area contributed by atoms with Crippen LogP contribution >= 0.6 is 69.9 Å². The Bertz CT molecular complexity index is 3580. The molecule has 0 aliphatic heterocycles. The number of fused-ring (bicyclic) bond motifs is 1. The van der Waals surface area contributed by atoms with Gasteiger partial charge in [-0.1, -0.05) is 175 Å². The van der Waals surface area contributed by atoms with E-state index in [0.717, 1.165) is 58.5 Å². The number of phenolic OH excluding ortho intramolecular Hbond substituents is 4. The van der Waals surface area contributed by atoms with Crippen molar-refractivity contribution in [3.63, 3.8) is 0 Å². The fraction of sp³-hybridized carbons (Fsp3) is 0.121. The fourth-order valence-corrected chi connectivity index (χ4v) is 9.87. The van der Waals surface area contributed by atoms with Crippen molar-refractivity contribution in [2.75, 3.05) is 33.3 Å². The van der Waals surface area contributed by atoms with Crippen LogP contribution in [0.4, 0.5) is 22.7 Å². The second-order valence-electron chi connectivity index (χ2n) is 18.0. The molecule has 15 heteroatoms. The molecule has 10 aromatic carbocycles. The molecule has 10 aromatic rings. The van der Waals surface area contributed by atoms with Gasteiger partial charge in [-0.2, -0.15) is 0 Å². The zero-order valence-electron chi connectivity index (χ0n) is 44.6. The summed E-state index contributed by atoms with van der Waals surface area (Å²) < 4.78 is 5.95. The van der Waals surface area contributed by atoms with Gasteiger partial charge in [-0.15, -0.1) is 23.5 Å². The lowest BCUT2D eigenvalue weighted by atomic mass is 10.0. The van der Waals surface area contributed by atoms with Crippen LogP contribution in [0.15, 0.2) is 228 Å². The molecule has 8 N–H and O–H groups in total. The first-order chi connectivity index (χ1) is 39.3. The van der Waals surface area contributed by atoms with Crippen LogP contribution in [-0.2, 0) is 32.8 Å². The molecule has 0 amide bonds. The maximum atomic E-state index is 9.47. The molecule has 0 fully saturated rings. The van der Waals surface area contributed by atoms with Crippen molar-refractivity contribution >= 4 is 103 Å². The Hall–Kier alpha value is -7.48. The Kier molecular flexibility index (Phi) is 24.2. The Morgan fingerprint density at radius 1 is 0.407 bits per heavy atom. The number of nitrogens with one attached hydrogen (secondary N) is 4. The van der Waals surface area contributed by atoms with E-state index in [1.165, 1.54) is 37.3 Å². The topological polar surface area (TPSA) is 138 Å². The van der Waals surface area contributed by atoms with Crippen molar-refractivity contribution in [1.29, 1.82) is 0 Å². The molecule has 9 nitrogen and oxygen atoms in total. The van der Waals surface area contributed by atoms with E-state index in [-0.39, 0.29) is 23.0 Å². The van der Waals surface area contributed by atoms with Crippen LogP contribution < -0.4 is 26.0 Å². The summed E-state index contributed by atoms with van der Waals surface area (Å²) in [6, 6.07) is 69.8. The van der Waals surface area contributed by atoms with Crippen molar-refractivity contribution in [3.8, 4) is 28.7 Å². The number of aromatic hydroxyl groups is 4. The maximum Gasteiger partial charge on any atom is 0.134 e. The van der Waals surface area contributed by atoms with Gasteiger partial charge in [0.2, 0.25) is 0 Å². The van der Waals surface area contributed by atoms with Gasteiger partial charge in [-0.3, -0.25) is 0 Å². The van der Waals surface area contributed by atoms with E-state index >= 15 is 0 Å². The lowest BCUT2D eigenvalue weighted by molar-refractivity contribution is 0.303. The summed E-state index contributed by atoms with van der Waals surface area (Å²) in [6.07, 6.45) is 2.06. The third-order valence-corrected chi connectivity index (χ3v) is 15.2. The quantitative estimate of drug-likeness (QED) is 0.0308. The van der Waals surface area contributed by atoms with Crippen LogP contribution in [0, 0.1) is 0 Å². The number of phenols is 4. The highest BCUT2D eigenvalue weighted by atomic mass is 35.5.